The van der Waals surface area contributed by atoms with E-state index in [1.54, 1.807) is 35.1 Å². The molecule has 1 N–H and O–H groups in total. The molecule has 6 heteroatoms. The van der Waals surface area contributed by atoms with Gasteiger partial charge in [0.05, 0.1) is 0 Å². The van der Waals surface area contributed by atoms with E-state index in [-0.39, 0.29) is 11.8 Å². The van der Waals surface area contributed by atoms with Gasteiger partial charge >= 0.3 is 0 Å². The number of benzene rings is 1. The molecule has 0 spiro atoms. The number of hydrogen-bond donors (Lipinski definition) is 1. The predicted octanol–water partition coefficient (Wildman–Crippen LogP) is 2.75. The van der Waals surface area contributed by atoms with Crippen molar-refractivity contribution in [1.29, 1.82) is 0 Å². The summed E-state index contributed by atoms with van der Waals surface area (Å²) in [5, 5.41) is 3.30. The van der Waals surface area contributed by atoms with Crippen molar-refractivity contribution in [3.05, 3.63) is 53.2 Å². The van der Waals surface area contributed by atoms with Crippen LogP contribution in [0.15, 0.2) is 36.5 Å². The van der Waals surface area contributed by atoms with E-state index in [0.717, 1.165) is 11.3 Å². The van der Waals surface area contributed by atoms with Crippen LogP contribution in [0.2, 0.25) is 0 Å². The second-order valence-corrected chi connectivity index (χ2v) is 6.60. The number of aromatic nitrogens is 1. The molecule has 0 radical (unpaired) electrons. The quantitative estimate of drug-likeness (QED) is 0.922. The van der Waals surface area contributed by atoms with Gasteiger partial charge in [0, 0.05) is 50.6 Å². The average Bonchev–Trinajstić information content (AvgIpc) is 2.65. The van der Waals surface area contributed by atoms with Crippen molar-refractivity contribution < 1.29 is 9.59 Å². The molecule has 0 atom stereocenters. The number of amides is 2. The molecule has 2 heterocycles. The van der Waals surface area contributed by atoms with Gasteiger partial charge in [-0.2, -0.15) is 0 Å². The molecule has 6 nitrogen and oxygen atoms in total. The summed E-state index contributed by atoms with van der Waals surface area (Å²) in [5.74, 6) is 0.674. The maximum atomic E-state index is 12.8. The molecule has 3 rings (SSSR count). The fraction of sp³-hybridized carbons (Fsp3) is 0.350. The van der Waals surface area contributed by atoms with E-state index in [2.05, 4.69) is 30.2 Å². The third-order valence-corrected chi connectivity index (χ3v) is 4.89. The summed E-state index contributed by atoms with van der Waals surface area (Å²) in [6.07, 6.45) is 1.65. The lowest BCUT2D eigenvalue weighted by Crippen LogP contribution is -2.50. The Balaban J connectivity index is 1.72. The maximum absolute atomic E-state index is 12.8. The summed E-state index contributed by atoms with van der Waals surface area (Å²) in [6.45, 7) is 7.96. The molecule has 1 aliphatic heterocycles. The second-order valence-electron chi connectivity index (χ2n) is 6.60. The van der Waals surface area contributed by atoms with Gasteiger partial charge in [0.1, 0.15) is 5.82 Å². The van der Waals surface area contributed by atoms with Crippen LogP contribution in [0, 0.1) is 13.8 Å². The summed E-state index contributed by atoms with van der Waals surface area (Å²) < 4.78 is 0. The zero-order valence-electron chi connectivity index (χ0n) is 15.5. The van der Waals surface area contributed by atoms with Gasteiger partial charge < -0.3 is 15.1 Å². The van der Waals surface area contributed by atoms with Crippen LogP contribution < -0.4 is 5.32 Å². The zero-order valence-corrected chi connectivity index (χ0v) is 15.5. The lowest BCUT2D eigenvalue weighted by Gasteiger charge is -2.34. The molecule has 1 aromatic carbocycles. The second kappa shape index (κ2) is 7.56. The lowest BCUT2D eigenvalue weighted by atomic mass is 10.1. The van der Waals surface area contributed by atoms with Crippen molar-refractivity contribution in [3.63, 3.8) is 0 Å². The Bertz CT molecular complexity index is 826. The first-order chi connectivity index (χ1) is 12.5. The van der Waals surface area contributed by atoms with Crippen LogP contribution in [0.3, 0.4) is 0 Å². The Hall–Kier alpha value is -2.89. The van der Waals surface area contributed by atoms with E-state index in [0.29, 0.717) is 37.6 Å². The number of piperazine rings is 1. The van der Waals surface area contributed by atoms with E-state index in [4.69, 9.17) is 0 Å². The van der Waals surface area contributed by atoms with Gasteiger partial charge in [-0.1, -0.05) is 12.1 Å². The molecule has 0 aliphatic carbocycles. The Morgan fingerprint density at radius 2 is 1.73 bits per heavy atom. The Morgan fingerprint density at radius 1 is 1.04 bits per heavy atom. The van der Waals surface area contributed by atoms with Crippen molar-refractivity contribution in [2.45, 2.75) is 20.8 Å². The minimum atomic E-state index is -0.0281. The zero-order chi connectivity index (χ0) is 18.7. The van der Waals surface area contributed by atoms with E-state index in [1.165, 1.54) is 5.56 Å². The van der Waals surface area contributed by atoms with Gasteiger partial charge in [0.25, 0.3) is 5.91 Å². The number of hydrogen-bond acceptors (Lipinski definition) is 4. The van der Waals surface area contributed by atoms with E-state index >= 15 is 0 Å². The van der Waals surface area contributed by atoms with Crippen LogP contribution in [0.25, 0.3) is 0 Å². The third kappa shape index (κ3) is 3.85. The van der Waals surface area contributed by atoms with Crippen LogP contribution >= 0.6 is 0 Å². The van der Waals surface area contributed by atoms with Crippen molar-refractivity contribution in [1.82, 2.24) is 14.8 Å². The largest absolute Gasteiger partial charge is 0.340 e. The van der Waals surface area contributed by atoms with Crippen molar-refractivity contribution in [2.24, 2.45) is 0 Å². The summed E-state index contributed by atoms with van der Waals surface area (Å²) in [5.41, 5.74) is 3.94. The molecule has 0 unspecified atom stereocenters. The predicted molar refractivity (Wildman–Crippen MR) is 102 cm³/mol. The smallest absolute Gasteiger partial charge is 0.254 e. The van der Waals surface area contributed by atoms with Crippen LogP contribution in [-0.2, 0) is 4.79 Å². The first-order valence-corrected chi connectivity index (χ1v) is 8.80. The van der Waals surface area contributed by atoms with Crippen LogP contribution in [0.5, 0.6) is 0 Å². The van der Waals surface area contributed by atoms with Gasteiger partial charge in [-0.15, -0.1) is 0 Å². The summed E-state index contributed by atoms with van der Waals surface area (Å²) >= 11 is 0. The number of carbonyl (C=O) groups is 2. The molecular weight excluding hydrogens is 328 g/mol. The lowest BCUT2D eigenvalue weighted by molar-refractivity contribution is -0.130. The molecule has 1 aromatic heterocycles. The average molecular weight is 352 g/mol. The van der Waals surface area contributed by atoms with Gasteiger partial charge in [0.15, 0.2) is 0 Å². The summed E-state index contributed by atoms with van der Waals surface area (Å²) in [7, 11) is 0. The van der Waals surface area contributed by atoms with Crippen molar-refractivity contribution in [3.8, 4) is 0 Å². The minimum absolute atomic E-state index is 0.0281. The number of anilines is 2. The standard InChI is InChI=1S/C20H24N4O2/c1-14-5-4-6-18(15(14)2)22-19-13-17(7-8-21-19)20(26)24-11-9-23(10-12-24)16(3)25/h4-8,13H,9-12H2,1-3H3,(H,21,22). The number of nitrogens with zero attached hydrogens (tertiary/aromatic N) is 3. The first kappa shape index (κ1) is 17.9. The highest BCUT2D eigenvalue weighted by molar-refractivity contribution is 5.95. The molecule has 1 fully saturated rings. The number of rotatable bonds is 3. The van der Waals surface area contributed by atoms with Crippen LogP contribution in [0.1, 0.15) is 28.4 Å². The number of nitrogens with one attached hydrogen (secondary N) is 1. The molecule has 26 heavy (non-hydrogen) atoms. The summed E-state index contributed by atoms with van der Waals surface area (Å²) in [4.78, 5) is 32.1. The number of aryl methyl sites for hydroxylation is 1. The molecule has 1 aliphatic rings. The highest BCUT2D eigenvalue weighted by atomic mass is 16.2. The SMILES string of the molecule is CC(=O)N1CCN(C(=O)c2ccnc(Nc3cccc(C)c3C)c2)CC1. The molecule has 2 aromatic rings. The maximum Gasteiger partial charge on any atom is 0.254 e. The van der Waals surface area contributed by atoms with Gasteiger partial charge in [-0.3, -0.25) is 9.59 Å². The molecule has 136 valence electrons. The van der Waals surface area contributed by atoms with Gasteiger partial charge in [-0.05, 0) is 43.2 Å². The highest BCUT2D eigenvalue weighted by Gasteiger charge is 2.23. The normalized spacial score (nSPS) is 14.3. The molecule has 1 saturated heterocycles. The molecule has 0 bridgehead atoms. The minimum Gasteiger partial charge on any atom is -0.340 e. The fourth-order valence-electron chi connectivity index (χ4n) is 3.06. The fourth-order valence-corrected chi connectivity index (χ4v) is 3.06. The molecule has 0 saturated carbocycles. The van der Waals surface area contributed by atoms with Gasteiger partial charge in [0.2, 0.25) is 5.91 Å². The monoisotopic (exact) mass is 352 g/mol. The Labute approximate surface area is 153 Å². The van der Waals surface area contributed by atoms with Crippen LogP contribution in [0.4, 0.5) is 11.5 Å². The van der Waals surface area contributed by atoms with E-state index in [9.17, 15) is 9.59 Å². The Morgan fingerprint density at radius 3 is 2.42 bits per heavy atom. The first-order valence-electron chi connectivity index (χ1n) is 8.80. The summed E-state index contributed by atoms with van der Waals surface area (Å²) in [6, 6.07) is 9.57. The van der Waals surface area contributed by atoms with Gasteiger partial charge in [-0.25, -0.2) is 4.98 Å². The Kier molecular flexibility index (Phi) is 5.21. The third-order valence-electron chi connectivity index (χ3n) is 4.89. The molecular formula is C20H24N4O2. The van der Waals surface area contributed by atoms with Crippen LogP contribution in [-0.4, -0.2) is 52.8 Å². The van der Waals surface area contributed by atoms with Crippen molar-refractivity contribution >= 4 is 23.3 Å². The van der Waals surface area contributed by atoms with E-state index in [1.807, 2.05) is 12.1 Å². The number of pyridine rings is 1. The van der Waals surface area contributed by atoms with Crippen molar-refractivity contribution in [2.75, 3.05) is 31.5 Å². The van der Waals surface area contributed by atoms with E-state index < -0.39 is 0 Å². The number of carbonyl (C=O) groups excluding carboxylic acids is 2. The highest BCUT2D eigenvalue weighted by Crippen LogP contribution is 2.22. The molecule has 2 amide bonds. The topological polar surface area (TPSA) is 65.5 Å².